The van der Waals surface area contributed by atoms with Crippen molar-refractivity contribution in [3.8, 4) is 0 Å². The van der Waals surface area contributed by atoms with Crippen LogP contribution in [0.2, 0.25) is 0 Å². The van der Waals surface area contributed by atoms with Gasteiger partial charge in [-0.15, -0.1) is 0 Å². The largest absolute Gasteiger partial charge is 0.481 e. The minimum Gasteiger partial charge on any atom is -0.481 e. The summed E-state index contributed by atoms with van der Waals surface area (Å²) in [7, 11) is 0. The number of carboxylic acid groups (broad SMARTS) is 1. The van der Waals surface area contributed by atoms with E-state index in [2.05, 4.69) is 5.32 Å². The first-order valence-corrected chi connectivity index (χ1v) is 5.95. The molecule has 3 unspecified atom stereocenters. The lowest BCUT2D eigenvalue weighted by Crippen LogP contribution is -2.33. The van der Waals surface area contributed by atoms with Crippen LogP contribution in [-0.2, 0) is 9.59 Å². The van der Waals surface area contributed by atoms with Crippen LogP contribution >= 0.6 is 0 Å². The van der Waals surface area contributed by atoms with E-state index in [-0.39, 0.29) is 18.0 Å². The number of nitrogens with two attached hydrogens (primary N) is 1. The van der Waals surface area contributed by atoms with Crippen LogP contribution in [0.4, 0.5) is 0 Å². The molecule has 0 aromatic rings. The van der Waals surface area contributed by atoms with Gasteiger partial charge in [0, 0.05) is 18.5 Å². The Morgan fingerprint density at radius 3 is 2.76 bits per heavy atom. The lowest BCUT2D eigenvalue weighted by atomic mass is 10.1. The molecular weight excluding hydrogens is 220 g/mol. The maximum absolute atomic E-state index is 11.5. The van der Waals surface area contributed by atoms with Crippen LogP contribution in [-0.4, -0.2) is 29.1 Å². The molecule has 0 radical (unpaired) electrons. The highest BCUT2D eigenvalue weighted by atomic mass is 16.4. The average Bonchev–Trinajstić information content (AvgIpc) is 2.65. The van der Waals surface area contributed by atoms with Gasteiger partial charge in [-0.25, -0.2) is 0 Å². The molecule has 1 amide bonds. The van der Waals surface area contributed by atoms with Gasteiger partial charge in [0.2, 0.25) is 5.91 Å². The number of hydrogen-bond acceptors (Lipinski definition) is 3. The van der Waals surface area contributed by atoms with Gasteiger partial charge in [-0.3, -0.25) is 9.59 Å². The molecule has 5 nitrogen and oxygen atoms in total. The van der Waals surface area contributed by atoms with E-state index in [0.29, 0.717) is 12.8 Å². The van der Waals surface area contributed by atoms with E-state index in [0.717, 1.165) is 12.8 Å². The zero-order valence-corrected chi connectivity index (χ0v) is 10.1. The topological polar surface area (TPSA) is 92.4 Å². The number of amides is 1. The van der Waals surface area contributed by atoms with Gasteiger partial charge in [0.15, 0.2) is 0 Å². The fraction of sp³-hybridized carbons (Fsp3) is 0.667. The quantitative estimate of drug-likeness (QED) is 0.594. The average molecular weight is 240 g/mol. The summed E-state index contributed by atoms with van der Waals surface area (Å²) in [5.41, 5.74) is 5.59. The molecule has 3 atom stereocenters. The maximum atomic E-state index is 11.5. The van der Waals surface area contributed by atoms with Gasteiger partial charge < -0.3 is 16.2 Å². The number of carbonyl (C=O) groups is 2. The predicted molar refractivity (Wildman–Crippen MR) is 64.3 cm³/mol. The number of carboxylic acids is 1. The van der Waals surface area contributed by atoms with Crippen LogP contribution < -0.4 is 11.1 Å². The highest BCUT2D eigenvalue weighted by Gasteiger charge is 2.25. The Labute approximate surface area is 101 Å². The lowest BCUT2D eigenvalue weighted by molar-refractivity contribution is -0.140. The third-order valence-corrected chi connectivity index (χ3v) is 2.81. The maximum Gasteiger partial charge on any atom is 0.310 e. The van der Waals surface area contributed by atoms with Gasteiger partial charge in [0.1, 0.15) is 0 Å². The molecule has 0 aliphatic heterocycles. The van der Waals surface area contributed by atoms with E-state index in [1.807, 2.05) is 6.92 Å². The number of aliphatic carboxylic acids is 1. The highest BCUT2D eigenvalue weighted by Crippen LogP contribution is 2.18. The van der Waals surface area contributed by atoms with Crippen molar-refractivity contribution in [1.82, 2.24) is 5.32 Å². The van der Waals surface area contributed by atoms with Gasteiger partial charge in [0.25, 0.3) is 0 Å². The number of hydrogen-bond donors (Lipinski definition) is 3. The van der Waals surface area contributed by atoms with E-state index in [1.165, 1.54) is 0 Å². The van der Waals surface area contributed by atoms with Crippen LogP contribution in [0.15, 0.2) is 12.2 Å². The second-order valence-electron chi connectivity index (χ2n) is 4.61. The van der Waals surface area contributed by atoms with Crippen molar-refractivity contribution < 1.29 is 14.7 Å². The summed E-state index contributed by atoms with van der Waals surface area (Å²) >= 11 is 0. The molecule has 1 rings (SSSR count). The summed E-state index contributed by atoms with van der Waals surface area (Å²) < 4.78 is 0. The Bertz CT molecular complexity index is 313. The van der Waals surface area contributed by atoms with Gasteiger partial charge in [-0.05, 0) is 26.2 Å². The second-order valence-corrected chi connectivity index (χ2v) is 4.61. The molecule has 0 aromatic carbocycles. The van der Waals surface area contributed by atoms with Crippen molar-refractivity contribution in [2.24, 2.45) is 11.7 Å². The van der Waals surface area contributed by atoms with Crippen LogP contribution in [0.5, 0.6) is 0 Å². The van der Waals surface area contributed by atoms with Crippen molar-refractivity contribution in [3.63, 3.8) is 0 Å². The minimum absolute atomic E-state index is 0.0358. The summed E-state index contributed by atoms with van der Waals surface area (Å²) in [4.78, 5) is 22.2. The first-order chi connectivity index (χ1) is 7.99. The van der Waals surface area contributed by atoms with E-state index >= 15 is 0 Å². The Kier molecular flexibility index (Phi) is 5.15. The van der Waals surface area contributed by atoms with Crippen molar-refractivity contribution in [2.45, 2.75) is 44.7 Å². The first-order valence-electron chi connectivity index (χ1n) is 5.95. The van der Waals surface area contributed by atoms with Crippen molar-refractivity contribution in [3.05, 3.63) is 12.2 Å². The summed E-state index contributed by atoms with van der Waals surface area (Å²) in [6.07, 6.45) is 5.88. The molecule has 0 fully saturated rings. The number of nitrogens with one attached hydrogen (secondary N) is 1. The summed E-state index contributed by atoms with van der Waals surface area (Å²) in [5, 5.41) is 11.6. The van der Waals surface area contributed by atoms with Crippen LogP contribution in [0.1, 0.15) is 32.6 Å². The number of rotatable bonds is 6. The second kappa shape index (κ2) is 6.39. The van der Waals surface area contributed by atoms with Gasteiger partial charge in [-0.2, -0.15) is 0 Å². The fourth-order valence-electron chi connectivity index (χ4n) is 1.85. The molecule has 96 valence electrons. The third-order valence-electron chi connectivity index (χ3n) is 2.81. The van der Waals surface area contributed by atoms with Crippen LogP contribution in [0.3, 0.4) is 0 Å². The Morgan fingerprint density at radius 1 is 1.53 bits per heavy atom. The van der Waals surface area contributed by atoms with E-state index in [9.17, 15) is 9.59 Å². The molecule has 1 aliphatic carbocycles. The molecule has 5 heteroatoms. The molecule has 17 heavy (non-hydrogen) atoms. The lowest BCUT2D eigenvalue weighted by Gasteiger charge is -2.12. The molecule has 1 aliphatic rings. The Balaban J connectivity index is 2.20. The molecule has 0 aromatic heterocycles. The Hall–Kier alpha value is -1.36. The molecule has 0 bridgehead atoms. The van der Waals surface area contributed by atoms with Crippen molar-refractivity contribution in [2.75, 3.05) is 0 Å². The van der Waals surface area contributed by atoms with E-state index in [1.54, 1.807) is 12.2 Å². The summed E-state index contributed by atoms with van der Waals surface area (Å²) in [6, 6.07) is -0.0236. The standard InChI is InChI=1S/C12H20N2O3/c1-8(13)3-2-4-11(15)14-10-6-5-9(7-10)12(16)17/h5-6,8-10H,2-4,7,13H2,1H3,(H,14,15)(H,16,17). The SMILES string of the molecule is CC(N)CCCC(=O)NC1C=CC(C(=O)O)C1. The van der Waals surface area contributed by atoms with Crippen molar-refractivity contribution in [1.29, 1.82) is 0 Å². The summed E-state index contributed by atoms with van der Waals surface area (Å²) in [5.74, 6) is -1.34. The zero-order chi connectivity index (χ0) is 12.8. The van der Waals surface area contributed by atoms with Crippen LogP contribution in [0.25, 0.3) is 0 Å². The minimum atomic E-state index is -0.838. The molecule has 0 spiro atoms. The molecule has 0 saturated carbocycles. The summed E-state index contributed by atoms with van der Waals surface area (Å²) in [6.45, 7) is 1.91. The third kappa shape index (κ3) is 4.99. The van der Waals surface area contributed by atoms with Gasteiger partial charge in [-0.1, -0.05) is 12.2 Å². The normalized spacial score (nSPS) is 24.6. The van der Waals surface area contributed by atoms with E-state index in [4.69, 9.17) is 10.8 Å². The highest BCUT2D eigenvalue weighted by molar-refractivity contribution is 5.77. The molecule has 0 heterocycles. The zero-order valence-electron chi connectivity index (χ0n) is 10.1. The van der Waals surface area contributed by atoms with Crippen molar-refractivity contribution >= 4 is 11.9 Å². The monoisotopic (exact) mass is 240 g/mol. The number of carbonyl (C=O) groups excluding carboxylic acids is 1. The smallest absolute Gasteiger partial charge is 0.310 e. The van der Waals surface area contributed by atoms with Crippen LogP contribution in [0, 0.1) is 5.92 Å². The van der Waals surface area contributed by atoms with Gasteiger partial charge in [0.05, 0.1) is 5.92 Å². The molecule has 0 saturated heterocycles. The molecule has 4 N–H and O–H groups in total. The predicted octanol–water partition coefficient (Wildman–Crippen LogP) is 0.649. The van der Waals surface area contributed by atoms with E-state index < -0.39 is 11.9 Å². The molecular formula is C12H20N2O3. The first kappa shape index (κ1) is 13.7. The fourth-order valence-corrected chi connectivity index (χ4v) is 1.85. The Morgan fingerprint density at radius 2 is 2.24 bits per heavy atom. The van der Waals surface area contributed by atoms with Gasteiger partial charge >= 0.3 is 5.97 Å².